The Bertz CT molecular complexity index is 1180. The average Bonchev–Trinajstić information content (AvgIpc) is 3.01. The van der Waals surface area contributed by atoms with Crippen LogP contribution in [0.1, 0.15) is 6.42 Å². The number of nitrogens with one attached hydrogen (secondary N) is 4. The number of amides is 1. The smallest absolute Gasteiger partial charge is 0.323 e. The van der Waals surface area contributed by atoms with Gasteiger partial charge in [0.2, 0.25) is 10.0 Å². The van der Waals surface area contributed by atoms with Crippen molar-refractivity contribution in [1.82, 2.24) is 14.7 Å². The molecule has 3 aromatic rings. The fourth-order valence-electron chi connectivity index (χ4n) is 2.87. The number of carbonyl (C=O) groups excluding carboxylic acids is 1. The largest absolute Gasteiger partial charge is 0.478 e. The molecule has 0 saturated heterocycles. The Morgan fingerprint density at radius 1 is 1.04 bits per heavy atom. The summed E-state index contributed by atoms with van der Waals surface area (Å²) in [5, 5.41) is 2.73. The number of H-pyrrole nitrogens is 2. The summed E-state index contributed by atoms with van der Waals surface area (Å²) in [5.74, 6) is 0.228. The summed E-state index contributed by atoms with van der Waals surface area (Å²) in [4.78, 5) is 28.5. The number of anilines is 1. The minimum absolute atomic E-state index is 0.0181. The molecule has 4 N–H and O–H groups in total. The van der Waals surface area contributed by atoms with Crippen LogP contribution in [0.15, 0.2) is 52.2 Å². The quantitative estimate of drug-likeness (QED) is 0.516. The molecule has 0 radical (unpaired) electrons. The summed E-state index contributed by atoms with van der Waals surface area (Å²) in [6, 6.07) is 11.3. The van der Waals surface area contributed by atoms with E-state index in [4.69, 9.17) is 4.74 Å². The second-order valence-corrected chi connectivity index (χ2v) is 7.83. The van der Waals surface area contributed by atoms with E-state index < -0.39 is 21.8 Å². The highest BCUT2D eigenvalue weighted by Crippen LogP contribution is 2.29. The molecule has 2 aromatic carbocycles. The van der Waals surface area contributed by atoms with Gasteiger partial charge in [0.15, 0.2) is 6.10 Å². The fourth-order valence-corrected chi connectivity index (χ4v) is 3.94. The molecule has 0 aliphatic carbocycles. The van der Waals surface area contributed by atoms with Crippen molar-refractivity contribution in [2.24, 2.45) is 0 Å². The number of carbonyl (C=O) groups is 1. The number of ether oxygens (including phenoxy) is 1. The van der Waals surface area contributed by atoms with E-state index in [1.54, 1.807) is 24.3 Å². The fraction of sp³-hybridized carbons (Fsp3) is 0.176. The lowest BCUT2D eigenvalue weighted by Crippen LogP contribution is -2.39. The van der Waals surface area contributed by atoms with E-state index in [2.05, 4.69) is 20.0 Å². The van der Waals surface area contributed by atoms with Crippen LogP contribution in [0, 0.1) is 0 Å². The Labute approximate surface area is 153 Å². The number of hydrogen-bond acceptors (Lipinski definition) is 5. The number of hydrogen-bond donors (Lipinski definition) is 4. The lowest BCUT2D eigenvalue weighted by molar-refractivity contribution is -0.123. The molecule has 0 saturated carbocycles. The highest BCUT2D eigenvalue weighted by molar-refractivity contribution is 7.89. The van der Waals surface area contributed by atoms with Crippen molar-refractivity contribution < 1.29 is 17.9 Å². The van der Waals surface area contributed by atoms with Crippen LogP contribution in [0.2, 0.25) is 0 Å². The van der Waals surface area contributed by atoms with E-state index in [-0.39, 0.29) is 23.8 Å². The van der Waals surface area contributed by atoms with Gasteiger partial charge in [0.25, 0.3) is 5.91 Å². The number of aromatic amines is 2. The summed E-state index contributed by atoms with van der Waals surface area (Å²) < 4.78 is 33.0. The number of rotatable bonds is 5. The Morgan fingerprint density at radius 2 is 1.81 bits per heavy atom. The van der Waals surface area contributed by atoms with Crippen molar-refractivity contribution in [2.75, 3.05) is 11.9 Å². The van der Waals surface area contributed by atoms with Crippen LogP contribution in [-0.2, 0) is 14.8 Å². The molecule has 4 rings (SSSR count). The van der Waals surface area contributed by atoms with Gasteiger partial charge < -0.3 is 20.0 Å². The molecule has 10 heteroatoms. The summed E-state index contributed by atoms with van der Waals surface area (Å²) in [7, 11) is -3.79. The summed E-state index contributed by atoms with van der Waals surface area (Å²) in [5.41, 5.74) is 1.10. The lowest BCUT2D eigenvalue weighted by Gasteiger charge is -2.25. The first kappa shape index (κ1) is 17.3. The van der Waals surface area contributed by atoms with E-state index in [1.807, 2.05) is 0 Å². The first-order valence-corrected chi connectivity index (χ1v) is 9.69. The maximum atomic E-state index is 12.4. The van der Waals surface area contributed by atoms with Gasteiger partial charge in [-0.1, -0.05) is 12.1 Å². The summed E-state index contributed by atoms with van der Waals surface area (Å²) >= 11 is 0. The molecule has 1 amide bonds. The van der Waals surface area contributed by atoms with E-state index in [9.17, 15) is 18.0 Å². The highest BCUT2D eigenvalue weighted by atomic mass is 32.2. The Balaban J connectivity index is 1.43. The van der Waals surface area contributed by atoms with Gasteiger partial charge in [-0.15, -0.1) is 0 Å². The molecule has 1 atom stereocenters. The zero-order valence-corrected chi connectivity index (χ0v) is 14.8. The number of aromatic nitrogens is 2. The monoisotopic (exact) mass is 388 g/mol. The van der Waals surface area contributed by atoms with Crippen LogP contribution >= 0.6 is 0 Å². The van der Waals surface area contributed by atoms with Gasteiger partial charge >= 0.3 is 5.69 Å². The highest BCUT2D eigenvalue weighted by Gasteiger charge is 2.27. The van der Waals surface area contributed by atoms with Gasteiger partial charge in [-0.25, -0.2) is 17.9 Å². The van der Waals surface area contributed by atoms with Gasteiger partial charge in [0, 0.05) is 13.0 Å². The average molecular weight is 388 g/mol. The summed E-state index contributed by atoms with van der Waals surface area (Å²) in [6.45, 7) is 0.0181. The molecule has 140 valence electrons. The second-order valence-electron chi connectivity index (χ2n) is 6.06. The number of imidazole rings is 1. The normalized spacial score (nSPS) is 16.6. The number of fused-ring (bicyclic) bond motifs is 2. The van der Waals surface area contributed by atoms with E-state index >= 15 is 0 Å². The van der Waals surface area contributed by atoms with Gasteiger partial charge in [0.05, 0.1) is 21.6 Å². The van der Waals surface area contributed by atoms with Crippen LogP contribution in [0.4, 0.5) is 5.69 Å². The van der Waals surface area contributed by atoms with Gasteiger partial charge in [-0.3, -0.25) is 4.79 Å². The minimum Gasteiger partial charge on any atom is -0.478 e. The Kier molecular flexibility index (Phi) is 4.21. The SMILES string of the molecule is O=C1Nc2ccccc2OC1CCNS(=O)(=O)c1ccc2[nH]c(=O)[nH]c2c1. The molecule has 27 heavy (non-hydrogen) atoms. The van der Waals surface area contributed by atoms with E-state index in [0.29, 0.717) is 22.5 Å². The predicted molar refractivity (Wildman–Crippen MR) is 98.2 cm³/mol. The third-order valence-electron chi connectivity index (χ3n) is 4.20. The zero-order valence-electron chi connectivity index (χ0n) is 14.0. The molecule has 1 aromatic heterocycles. The van der Waals surface area contributed by atoms with Crippen molar-refractivity contribution in [2.45, 2.75) is 17.4 Å². The first-order chi connectivity index (χ1) is 12.9. The minimum atomic E-state index is -3.79. The van der Waals surface area contributed by atoms with Crippen LogP contribution in [-0.4, -0.2) is 36.9 Å². The first-order valence-electron chi connectivity index (χ1n) is 8.21. The van der Waals surface area contributed by atoms with E-state index in [1.165, 1.54) is 18.2 Å². The second kappa shape index (κ2) is 6.56. The van der Waals surface area contributed by atoms with Gasteiger partial charge in [0.1, 0.15) is 5.75 Å². The number of sulfonamides is 1. The van der Waals surface area contributed by atoms with Gasteiger partial charge in [-0.2, -0.15) is 0 Å². The van der Waals surface area contributed by atoms with Crippen LogP contribution in [0.25, 0.3) is 11.0 Å². The zero-order chi connectivity index (χ0) is 19.0. The van der Waals surface area contributed by atoms with E-state index in [0.717, 1.165) is 0 Å². The number of para-hydroxylation sites is 2. The third kappa shape index (κ3) is 3.44. The molecule has 0 fully saturated rings. The van der Waals surface area contributed by atoms with Gasteiger partial charge in [-0.05, 0) is 30.3 Å². The van der Waals surface area contributed by atoms with Crippen LogP contribution < -0.4 is 20.5 Å². The lowest BCUT2D eigenvalue weighted by atomic mass is 10.2. The van der Waals surface area contributed by atoms with Crippen molar-refractivity contribution in [3.63, 3.8) is 0 Å². The van der Waals surface area contributed by atoms with Crippen molar-refractivity contribution in [1.29, 1.82) is 0 Å². The topological polar surface area (TPSA) is 133 Å². The summed E-state index contributed by atoms with van der Waals surface area (Å²) in [6.07, 6.45) is -0.617. The Hall–Kier alpha value is -3.11. The molecule has 2 heterocycles. The van der Waals surface area contributed by atoms with Crippen molar-refractivity contribution in [3.8, 4) is 5.75 Å². The molecule has 1 aliphatic rings. The van der Waals surface area contributed by atoms with Crippen molar-refractivity contribution >= 4 is 32.7 Å². The molecule has 1 unspecified atom stereocenters. The maximum Gasteiger partial charge on any atom is 0.323 e. The van der Waals surface area contributed by atoms with Crippen LogP contribution in [0.5, 0.6) is 5.75 Å². The predicted octanol–water partition coefficient (Wildman–Crippen LogP) is 0.924. The molecular weight excluding hydrogens is 372 g/mol. The molecule has 1 aliphatic heterocycles. The third-order valence-corrected chi connectivity index (χ3v) is 5.66. The molecule has 9 nitrogen and oxygen atoms in total. The maximum absolute atomic E-state index is 12.4. The molecule has 0 bridgehead atoms. The van der Waals surface area contributed by atoms with Crippen molar-refractivity contribution in [3.05, 3.63) is 52.9 Å². The standard InChI is InChI=1S/C17H16N4O5S/c22-16-15(26-14-4-2-1-3-12(14)19-16)7-8-18-27(24,25)10-5-6-11-13(9-10)21-17(23)20-11/h1-6,9,15,18H,7-8H2,(H,19,22)(H2,20,21,23). The number of benzene rings is 2. The molecular formula is C17H16N4O5S. The molecule has 0 spiro atoms. The Morgan fingerprint density at radius 3 is 2.67 bits per heavy atom. The van der Waals surface area contributed by atoms with Crippen LogP contribution in [0.3, 0.4) is 0 Å².